The molecule has 0 unspecified atom stereocenters. The molecule has 0 atom stereocenters. The van der Waals surface area contributed by atoms with Crippen LogP contribution in [0.3, 0.4) is 0 Å². The van der Waals surface area contributed by atoms with E-state index >= 15 is 0 Å². The van der Waals surface area contributed by atoms with Crippen molar-refractivity contribution in [2.24, 2.45) is 0 Å². The number of hydrogen-bond acceptors (Lipinski definition) is 2. The standard InChI is InChI=1S/C15H14ClFN2O/c1-8-6-14(9(2)5-13(8)18)19-15(20)10-3-4-11(16)12(17)7-10/h3-7H,18H2,1-2H3,(H,19,20). The first-order valence-corrected chi connectivity index (χ1v) is 6.39. The van der Waals surface area contributed by atoms with E-state index in [1.165, 1.54) is 12.1 Å². The number of halogens is 2. The molecule has 2 rings (SSSR count). The first kappa shape index (κ1) is 14.3. The highest BCUT2D eigenvalue weighted by Crippen LogP contribution is 2.23. The summed E-state index contributed by atoms with van der Waals surface area (Å²) in [7, 11) is 0. The molecule has 0 saturated heterocycles. The van der Waals surface area contributed by atoms with Crippen molar-refractivity contribution in [3.8, 4) is 0 Å². The Kier molecular flexibility index (Phi) is 3.95. The van der Waals surface area contributed by atoms with E-state index in [9.17, 15) is 9.18 Å². The molecule has 0 radical (unpaired) electrons. The van der Waals surface area contributed by atoms with Gasteiger partial charge >= 0.3 is 0 Å². The van der Waals surface area contributed by atoms with Gasteiger partial charge in [-0.2, -0.15) is 0 Å². The first-order valence-electron chi connectivity index (χ1n) is 6.01. The highest BCUT2D eigenvalue weighted by Gasteiger charge is 2.11. The molecule has 0 heterocycles. The fraction of sp³-hybridized carbons (Fsp3) is 0.133. The van der Waals surface area contributed by atoms with E-state index in [0.29, 0.717) is 11.4 Å². The Labute approximate surface area is 121 Å². The Morgan fingerprint density at radius 1 is 1.20 bits per heavy atom. The number of nitrogens with one attached hydrogen (secondary N) is 1. The molecule has 0 aliphatic carbocycles. The largest absolute Gasteiger partial charge is 0.399 e. The molecule has 0 aliphatic heterocycles. The average molecular weight is 293 g/mol. The van der Waals surface area contributed by atoms with Gasteiger partial charge in [-0.05, 0) is 55.3 Å². The Morgan fingerprint density at radius 3 is 2.55 bits per heavy atom. The van der Waals surface area contributed by atoms with Gasteiger partial charge < -0.3 is 11.1 Å². The number of carbonyl (C=O) groups is 1. The van der Waals surface area contributed by atoms with Crippen LogP contribution in [0.5, 0.6) is 0 Å². The summed E-state index contributed by atoms with van der Waals surface area (Å²) < 4.78 is 13.3. The van der Waals surface area contributed by atoms with Gasteiger partial charge in [0.2, 0.25) is 0 Å². The topological polar surface area (TPSA) is 55.1 Å². The molecule has 2 aromatic rings. The molecule has 0 bridgehead atoms. The minimum Gasteiger partial charge on any atom is -0.399 e. The van der Waals surface area contributed by atoms with Crippen LogP contribution < -0.4 is 11.1 Å². The van der Waals surface area contributed by atoms with Crippen molar-refractivity contribution in [3.05, 3.63) is 57.9 Å². The van der Waals surface area contributed by atoms with Gasteiger partial charge in [-0.3, -0.25) is 4.79 Å². The molecule has 3 N–H and O–H groups in total. The maximum Gasteiger partial charge on any atom is 0.255 e. The van der Waals surface area contributed by atoms with Crippen LogP contribution in [-0.2, 0) is 0 Å². The molecule has 3 nitrogen and oxygen atoms in total. The summed E-state index contributed by atoms with van der Waals surface area (Å²) in [6.07, 6.45) is 0. The normalized spacial score (nSPS) is 10.4. The van der Waals surface area contributed by atoms with Gasteiger partial charge in [-0.1, -0.05) is 11.6 Å². The molecule has 1 amide bonds. The van der Waals surface area contributed by atoms with Crippen LogP contribution in [0.1, 0.15) is 21.5 Å². The lowest BCUT2D eigenvalue weighted by Gasteiger charge is -2.11. The number of hydrogen-bond donors (Lipinski definition) is 2. The van der Waals surface area contributed by atoms with Crippen molar-refractivity contribution in [2.45, 2.75) is 13.8 Å². The van der Waals surface area contributed by atoms with Gasteiger partial charge in [0.25, 0.3) is 5.91 Å². The smallest absolute Gasteiger partial charge is 0.255 e. The Bertz CT molecular complexity index is 686. The van der Waals surface area contributed by atoms with Crippen molar-refractivity contribution in [3.63, 3.8) is 0 Å². The number of nitrogens with two attached hydrogens (primary N) is 1. The minimum absolute atomic E-state index is 0.0129. The van der Waals surface area contributed by atoms with E-state index < -0.39 is 11.7 Å². The SMILES string of the molecule is Cc1cc(NC(=O)c2ccc(Cl)c(F)c2)c(C)cc1N. The third-order valence-electron chi connectivity index (χ3n) is 3.04. The van der Waals surface area contributed by atoms with Crippen LogP contribution in [0, 0.1) is 19.7 Å². The molecule has 5 heteroatoms. The lowest BCUT2D eigenvalue weighted by molar-refractivity contribution is 0.102. The zero-order valence-electron chi connectivity index (χ0n) is 11.1. The van der Waals surface area contributed by atoms with Crippen molar-refractivity contribution in [1.82, 2.24) is 0 Å². The summed E-state index contributed by atoms with van der Waals surface area (Å²) in [4.78, 5) is 12.1. The zero-order chi connectivity index (χ0) is 14.9. The summed E-state index contributed by atoms with van der Waals surface area (Å²) in [5.41, 5.74) is 9.03. The van der Waals surface area contributed by atoms with Crippen molar-refractivity contribution in [1.29, 1.82) is 0 Å². The van der Waals surface area contributed by atoms with Gasteiger partial charge in [0.1, 0.15) is 5.82 Å². The lowest BCUT2D eigenvalue weighted by atomic mass is 10.1. The van der Waals surface area contributed by atoms with Crippen molar-refractivity contribution in [2.75, 3.05) is 11.1 Å². The third kappa shape index (κ3) is 2.91. The molecule has 2 aromatic carbocycles. The van der Waals surface area contributed by atoms with Crippen molar-refractivity contribution < 1.29 is 9.18 Å². The molecule has 0 aliphatic rings. The number of benzene rings is 2. The molecule has 104 valence electrons. The lowest BCUT2D eigenvalue weighted by Crippen LogP contribution is -2.13. The van der Waals surface area contributed by atoms with Crippen LogP contribution in [0.25, 0.3) is 0 Å². The Balaban J connectivity index is 2.27. The van der Waals surface area contributed by atoms with Crippen molar-refractivity contribution >= 4 is 28.9 Å². The highest BCUT2D eigenvalue weighted by atomic mass is 35.5. The highest BCUT2D eigenvalue weighted by molar-refractivity contribution is 6.30. The van der Waals surface area contributed by atoms with E-state index in [4.69, 9.17) is 17.3 Å². The van der Waals surface area contributed by atoms with Gasteiger partial charge in [0.05, 0.1) is 5.02 Å². The van der Waals surface area contributed by atoms with Gasteiger partial charge in [-0.25, -0.2) is 4.39 Å². The number of amides is 1. The van der Waals surface area contributed by atoms with Gasteiger partial charge in [0, 0.05) is 16.9 Å². The van der Waals surface area contributed by atoms with Gasteiger partial charge in [-0.15, -0.1) is 0 Å². The third-order valence-corrected chi connectivity index (χ3v) is 3.35. The first-order chi connectivity index (χ1) is 9.38. The summed E-state index contributed by atoms with van der Waals surface area (Å²) in [6.45, 7) is 3.69. The van der Waals surface area contributed by atoms with E-state index in [2.05, 4.69) is 5.32 Å². The fourth-order valence-corrected chi connectivity index (χ4v) is 1.92. The van der Waals surface area contributed by atoms with Crippen LogP contribution in [0.15, 0.2) is 30.3 Å². The maximum absolute atomic E-state index is 13.3. The number of nitrogen functional groups attached to an aromatic ring is 1. The van der Waals surface area contributed by atoms with E-state index in [1.54, 1.807) is 12.1 Å². The van der Waals surface area contributed by atoms with Crippen LogP contribution in [0.2, 0.25) is 5.02 Å². The second-order valence-corrected chi connectivity index (χ2v) is 5.01. The average Bonchev–Trinajstić information content (AvgIpc) is 2.39. The van der Waals surface area contributed by atoms with Crippen LogP contribution in [0.4, 0.5) is 15.8 Å². The van der Waals surface area contributed by atoms with Gasteiger partial charge in [0.15, 0.2) is 0 Å². The Morgan fingerprint density at radius 2 is 1.90 bits per heavy atom. The number of anilines is 2. The monoisotopic (exact) mass is 292 g/mol. The molecule has 0 aromatic heterocycles. The Hall–Kier alpha value is -2.07. The number of rotatable bonds is 2. The molecule has 20 heavy (non-hydrogen) atoms. The van der Waals surface area contributed by atoms with E-state index in [-0.39, 0.29) is 10.6 Å². The fourth-order valence-electron chi connectivity index (χ4n) is 1.81. The molecule has 0 spiro atoms. The quantitative estimate of drug-likeness (QED) is 0.824. The second-order valence-electron chi connectivity index (χ2n) is 4.61. The zero-order valence-corrected chi connectivity index (χ0v) is 11.9. The molecular weight excluding hydrogens is 279 g/mol. The predicted molar refractivity (Wildman–Crippen MR) is 79.7 cm³/mol. The minimum atomic E-state index is -0.621. The maximum atomic E-state index is 13.3. The van der Waals surface area contributed by atoms with Crippen LogP contribution in [-0.4, -0.2) is 5.91 Å². The van der Waals surface area contributed by atoms with E-state index in [0.717, 1.165) is 17.2 Å². The van der Waals surface area contributed by atoms with E-state index in [1.807, 2.05) is 13.8 Å². The summed E-state index contributed by atoms with van der Waals surface area (Å²) in [6, 6.07) is 7.51. The second kappa shape index (κ2) is 5.51. The molecule has 0 fully saturated rings. The summed E-state index contributed by atoms with van der Waals surface area (Å²) >= 11 is 5.59. The summed E-state index contributed by atoms with van der Waals surface area (Å²) in [5.74, 6) is -1.02. The number of carbonyl (C=O) groups excluding carboxylic acids is 1. The molecular formula is C15H14ClFN2O. The predicted octanol–water partition coefficient (Wildman–Crippen LogP) is 3.93. The number of aryl methyl sites for hydroxylation is 2. The molecule has 0 saturated carbocycles. The summed E-state index contributed by atoms with van der Waals surface area (Å²) in [5, 5.41) is 2.72. The van der Waals surface area contributed by atoms with Crippen LogP contribution >= 0.6 is 11.6 Å².